The van der Waals surface area contributed by atoms with Crippen LogP contribution >= 0.6 is 0 Å². The number of benzene rings is 2. The van der Waals surface area contributed by atoms with Crippen LogP contribution < -0.4 is 15.8 Å². The number of nitro benzene ring substituents is 1. The van der Waals surface area contributed by atoms with Crippen molar-refractivity contribution in [3.8, 4) is 17.0 Å². The van der Waals surface area contributed by atoms with E-state index in [0.29, 0.717) is 11.4 Å². The molecule has 1 heterocycles. The molecular formula is C18H14F3N5O3. The minimum absolute atomic E-state index is 0.0774. The lowest BCUT2D eigenvalue weighted by atomic mass is 10.1. The molecule has 3 aromatic rings. The van der Waals surface area contributed by atoms with Crippen molar-refractivity contribution >= 4 is 23.0 Å². The monoisotopic (exact) mass is 405 g/mol. The molecule has 0 saturated carbocycles. The van der Waals surface area contributed by atoms with Crippen LogP contribution in [-0.2, 0) is 6.18 Å². The van der Waals surface area contributed by atoms with Crippen molar-refractivity contribution in [1.82, 2.24) is 9.97 Å². The van der Waals surface area contributed by atoms with Crippen LogP contribution in [0.4, 0.5) is 36.2 Å². The molecule has 29 heavy (non-hydrogen) atoms. The van der Waals surface area contributed by atoms with Gasteiger partial charge in [0, 0.05) is 11.8 Å². The minimum Gasteiger partial charge on any atom is -0.497 e. The number of nitro groups is 1. The van der Waals surface area contributed by atoms with Crippen molar-refractivity contribution in [2.75, 3.05) is 18.2 Å². The highest BCUT2D eigenvalue weighted by Crippen LogP contribution is 2.35. The average Bonchev–Trinajstić information content (AvgIpc) is 2.67. The second-order valence-corrected chi connectivity index (χ2v) is 5.83. The van der Waals surface area contributed by atoms with Crippen LogP contribution in [0.3, 0.4) is 0 Å². The number of halogens is 3. The number of nitrogens with one attached hydrogen (secondary N) is 1. The van der Waals surface area contributed by atoms with Crippen LogP contribution in [-0.4, -0.2) is 22.0 Å². The first-order chi connectivity index (χ1) is 13.7. The first kappa shape index (κ1) is 19.9. The number of hydrogen-bond acceptors (Lipinski definition) is 7. The molecule has 0 amide bonds. The zero-order valence-electron chi connectivity index (χ0n) is 14.9. The van der Waals surface area contributed by atoms with E-state index in [1.54, 1.807) is 0 Å². The van der Waals surface area contributed by atoms with Crippen molar-refractivity contribution < 1.29 is 22.8 Å². The van der Waals surface area contributed by atoms with E-state index in [2.05, 4.69) is 15.3 Å². The molecule has 0 aliphatic carbocycles. The molecule has 3 rings (SSSR count). The number of ether oxygens (including phenoxy) is 1. The maximum atomic E-state index is 12.6. The predicted molar refractivity (Wildman–Crippen MR) is 99.8 cm³/mol. The van der Waals surface area contributed by atoms with E-state index in [9.17, 15) is 23.3 Å². The number of aromatic nitrogens is 2. The van der Waals surface area contributed by atoms with Gasteiger partial charge in [-0.25, -0.2) is 9.97 Å². The molecule has 150 valence electrons. The Labute approximate surface area is 162 Å². The number of anilines is 3. The number of hydrogen-bond donors (Lipinski definition) is 2. The molecule has 3 N–H and O–H groups in total. The van der Waals surface area contributed by atoms with E-state index < -0.39 is 16.7 Å². The highest BCUT2D eigenvalue weighted by Gasteiger charge is 2.30. The molecule has 2 aromatic carbocycles. The lowest BCUT2D eigenvalue weighted by Crippen LogP contribution is -2.05. The van der Waals surface area contributed by atoms with Gasteiger partial charge in [0.05, 0.1) is 29.4 Å². The highest BCUT2D eigenvalue weighted by molar-refractivity contribution is 5.79. The minimum atomic E-state index is -4.43. The summed E-state index contributed by atoms with van der Waals surface area (Å²) in [6, 6.07) is 8.44. The molecule has 11 heteroatoms. The van der Waals surface area contributed by atoms with Gasteiger partial charge in [0.15, 0.2) is 11.6 Å². The molecule has 8 nitrogen and oxygen atoms in total. The maximum Gasteiger partial charge on any atom is 0.416 e. The van der Waals surface area contributed by atoms with Crippen LogP contribution in [0.25, 0.3) is 11.3 Å². The number of nitrogens with zero attached hydrogens (tertiary/aromatic N) is 3. The van der Waals surface area contributed by atoms with Crippen LogP contribution in [0.1, 0.15) is 5.56 Å². The van der Waals surface area contributed by atoms with E-state index in [4.69, 9.17) is 10.5 Å². The average molecular weight is 405 g/mol. The molecule has 0 saturated heterocycles. The summed E-state index contributed by atoms with van der Waals surface area (Å²) in [4.78, 5) is 18.9. The summed E-state index contributed by atoms with van der Waals surface area (Å²) in [5.74, 6) is 0.438. The third-order valence-electron chi connectivity index (χ3n) is 3.94. The highest BCUT2D eigenvalue weighted by atomic mass is 19.4. The topological polar surface area (TPSA) is 116 Å². The lowest BCUT2D eigenvalue weighted by Gasteiger charge is -2.11. The van der Waals surface area contributed by atoms with Gasteiger partial charge in [-0.15, -0.1) is 0 Å². The Morgan fingerprint density at radius 2 is 1.86 bits per heavy atom. The molecule has 0 fully saturated rings. The third kappa shape index (κ3) is 4.34. The van der Waals surface area contributed by atoms with Gasteiger partial charge in [-0.1, -0.05) is 0 Å². The third-order valence-corrected chi connectivity index (χ3v) is 3.94. The summed E-state index contributed by atoms with van der Waals surface area (Å²) in [7, 11) is 1.41. The quantitative estimate of drug-likeness (QED) is 0.477. The van der Waals surface area contributed by atoms with Gasteiger partial charge in [-0.05, 0) is 36.4 Å². The van der Waals surface area contributed by atoms with Gasteiger partial charge in [0.1, 0.15) is 11.4 Å². The van der Waals surface area contributed by atoms with Gasteiger partial charge in [0.25, 0.3) is 5.69 Å². The molecule has 0 unspecified atom stereocenters. The molecule has 0 aliphatic heterocycles. The van der Waals surface area contributed by atoms with E-state index in [1.165, 1.54) is 43.6 Å². The number of nitrogen functional groups attached to an aromatic ring is 1. The van der Waals surface area contributed by atoms with Crippen molar-refractivity contribution in [2.45, 2.75) is 6.18 Å². The SMILES string of the molecule is COc1ccc([N+](=O)[O-])c(-c2ncc(Nc3ccc(C(F)(F)F)cc3)nc2N)c1. The zero-order valence-corrected chi connectivity index (χ0v) is 14.9. The van der Waals surface area contributed by atoms with Crippen LogP contribution in [0.5, 0.6) is 5.75 Å². The summed E-state index contributed by atoms with van der Waals surface area (Å²) in [5, 5.41) is 14.1. The Morgan fingerprint density at radius 1 is 1.17 bits per heavy atom. The van der Waals surface area contributed by atoms with E-state index in [-0.39, 0.29) is 28.6 Å². The summed E-state index contributed by atoms with van der Waals surface area (Å²) in [6.45, 7) is 0. The zero-order chi connectivity index (χ0) is 21.2. The molecule has 0 spiro atoms. The number of rotatable bonds is 5. The van der Waals surface area contributed by atoms with Crippen LogP contribution in [0.2, 0.25) is 0 Å². The Balaban J connectivity index is 1.91. The maximum absolute atomic E-state index is 12.6. The standard InChI is InChI=1S/C18H14F3N5O3/c1-29-12-6-7-14(26(27)28)13(8-12)16-17(22)25-15(9-23-16)24-11-4-2-10(3-5-11)18(19,20)21/h2-9H,1H3,(H3,22,24,25). The Kier molecular flexibility index (Phi) is 5.22. The molecule has 0 bridgehead atoms. The Morgan fingerprint density at radius 3 is 2.41 bits per heavy atom. The van der Waals surface area contributed by atoms with Gasteiger partial charge in [-0.2, -0.15) is 13.2 Å². The molecular weight excluding hydrogens is 391 g/mol. The smallest absolute Gasteiger partial charge is 0.416 e. The first-order valence-electron chi connectivity index (χ1n) is 8.08. The normalized spacial score (nSPS) is 11.2. The largest absolute Gasteiger partial charge is 0.497 e. The van der Waals surface area contributed by atoms with Crippen LogP contribution in [0, 0.1) is 10.1 Å². The fourth-order valence-corrected chi connectivity index (χ4v) is 2.55. The Bertz CT molecular complexity index is 1060. The summed E-state index contributed by atoms with van der Waals surface area (Å²) >= 11 is 0. The van der Waals surface area contributed by atoms with Gasteiger partial charge in [0.2, 0.25) is 0 Å². The molecule has 0 aliphatic rings. The first-order valence-corrected chi connectivity index (χ1v) is 8.08. The second-order valence-electron chi connectivity index (χ2n) is 5.83. The summed E-state index contributed by atoms with van der Waals surface area (Å²) < 4.78 is 43.0. The fourth-order valence-electron chi connectivity index (χ4n) is 2.55. The van der Waals surface area contributed by atoms with Crippen molar-refractivity contribution in [1.29, 1.82) is 0 Å². The fraction of sp³-hybridized carbons (Fsp3) is 0.111. The van der Waals surface area contributed by atoms with Crippen molar-refractivity contribution in [2.24, 2.45) is 0 Å². The van der Waals surface area contributed by atoms with Crippen molar-refractivity contribution in [3.05, 3.63) is 64.3 Å². The van der Waals surface area contributed by atoms with Gasteiger partial charge < -0.3 is 15.8 Å². The van der Waals surface area contributed by atoms with Crippen LogP contribution in [0.15, 0.2) is 48.7 Å². The lowest BCUT2D eigenvalue weighted by molar-refractivity contribution is -0.384. The number of methoxy groups -OCH3 is 1. The number of alkyl halides is 3. The second kappa shape index (κ2) is 7.62. The van der Waals surface area contributed by atoms with Crippen molar-refractivity contribution in [3.63, 3.8) is 0 Å². The number of nitrogens with two attached hydrogens (primary N) is 1. The van der Waals surface area contributed by atoms with Gasteiger partial charge in [-0.3, -0.25) is 10.1 Å². The predicted octanol–water partition coefficient (Wildman–Crippen LogP) is 4.41. The molecule has 1 aromatic heterocycles. The van der Waals surface area contributed by atoms with Gasteiger partial charge >= 0.3 is 6.18 Å². The Hall–Kier alpha value is -3.89. The van der Waals surface area contributed by atoms with E-state index >= 15 is 0 Å². The van der Waals surface area contributed by atoms with E-state index in [1.807, 2.05) is 0 Å². The summed E-state index contributed by atoms with van der Waals surface area (Å²) in [6.07, 6.45) is -3.16. The molecule has 0 radical (unpaired) electrons. The molecule has 0 atom stereocenters. The van der Waals surface area contributed by atoms with E-state index in [0.717, 1.165) is 12.1 Å². The summed E-state index contributed by atoms with van der Waals surface area (Å²) in [5.41, 5.74) is 5.46.